The van der Waals surface area contributed by atoms with Gasteiger partial charge in [-0.15, -0.1) is 0 Å². The lowest BCUT2D eigenvalue weighted by Gasteiger charge is -2.30. The Morgan fingerprint density at radius 2 is 1.93 bits per heavy atom. The molecule has 0 atom stereocenters. The Labute approximate surface area is 163 Å². The number of nitrogens with two attached hydrogens (primary N) is 1. The Hall–Kier alpha value is -2.98. The van der Waals surface area contributed by atoms with Crippen LogP contribution in [0.5, 0.6) is 0 Å². The molecule has 4 N–H and O–H groups in total. The number of carbonyl (C=O) groups is 1. The number of nitrogens with one attached hydrogen (secondary N) is 2. The van der Waals surface area contributed by atoms with Gasteiger partial charge in [0.15, 0.2) is 11.5 Å². The van der Waals surface area contributed by atoms with Crippen LogP contribution in [0.25, 0.3) is 0 Å². The number of morpholine rings is 1. The Balaban J connectivity index is 1.55. The topological polar surface area (TPSA) is 122 Å². The predicted molar refractivity (Wildman–Crippen MR) is 107 cm³/mol. The van der Waals surface area contributed by atoms with E-state index in [0.717, 1.165) is 45.0 Å². The van der Waals surface area contributed by atoms with Gasteiger partial charge in [0.1, 0.15) is 5.82 Å². The van der Waals surface area contributed by atoms with Crippen LogP contribution in [0, 0.1) is 0 Å². The average Bonchev–Trinajstić information content (AvgIpc) is 2.75. The van der Waals surface area contributed by atoms with Crippen LogP contribution in [0.4, 0.5) is 23.0 Å². The number of hydrogen-bond donors (Lipinski definition) is 3. The number of pyridine rings is 1. The zero-order valence-corrected chi connectivity index (χ0v) is 15.6. The van der Waals surface area contributed by atoms with E-state index in [0.29, 0.717) is 24.7 Å². The fraction of sp³-hybridized carbons (Fsp3) is 0.444. The quantitative estimate of drug-likeness (QED) is 0.666. The summed E-state index contributed by atoms with van der Waals surface area (Å²) in [5.74, 6) is 0.359. The van der Waals surface area contributed by atoms with Crippen molar-refractivity contribution < 1.29 is 9.53 Å². The van der Waals surface area contributed by atoms with Gasteiger partial charge in [-0.25, -0.2) is 9.97 Å². The first kappa shape index (κ1) is 18.4. The highest BCUT2D eigenvalue weighted by molar-refractivity contribution is 6.07. The molecule has 2 aromatic rings. The highest BCUT2D eigenvalue weighted by atomic mass is 16.5. The molecule has 0 saturated carbocycles. The summed E-state index contributed by atoms with van der Waals surface area (Å²) in [4.78, 5) is 30.0. The van der Waals surface area contributed by atoms with Crippen LogP contribution in [0.3, 0.4) is 0 Å². The van der Waals surface area contributed by atoms with Crippen molar-refractivity contribution in [1.29, 1.82) is 0 Å². The van der Waals surface area contributed by atoms with Crippen molar-refractivity contribution >= 4 is 28.9 Å². The lowest BCUT2D eigenvalue weighted by atomic mass is 10.2. The van der Waals surface area contributed by atoms with Crippen LogP contribution in [-0.4, -0.2) is 73.3 Å². The molecule has 28 heavy (non-hydrogen) atoms. The number of anilines is 4. The van der Waals surface area contributed by atoms with Gasteiger partial charge in [-0.1, -0.05) is 0 Å². The molecule has 2 fully saturated rings. The fourth-order valence-electron chi connectivity index (χ4n) is 3.35. The molecule has 10 heteroatoms. The van der Waals surface area contributed by atoms with Crippen molar-refractivity contribution in [3.05, 3.63) is 30.4 Å². The molecule has 1 amide bonds. The number of amides is 1. The van der Waals surface area contributed by atoms with E-state index in [1.807, 2.05) is 6.07 Å². The second-order valence-electron chi connectivity index (χ2n) is 6.65. The average molecular weight is 384 g/mol. The molecule has 4 rings (SSSR count). The van der Waals surface area contributed by atoms with Gasteiger partial charge in [0.25, 0.3) is 5.91 Å². The van der Waals surface area contributed by atoms with E-state index in [9.17, 15) is 4.79 Å². The van der Waals surface area contributed by atoms with Crippen LogP contribution in [0.2, 0.25) is 0 Å². The summed E-state index contributed by atoms with van der Waals surface area (Å²) in [5.41, 5.74) is 7.58. The largest absolute Gasteiger partial charge is 0.382 e. The zero-order chi connectivity index (χ0) is 19.3. The van der Waals surface area contributed by atoms with E-state index in [4.69, 9.17) is 10.5 Å². The van der Waals surface area contributed by atoms with Crippen LogP contribution in [-0.2, 0) is 4.74 Å². The van der Waals surface area contributed by atoms with Gasteiger partial charge < -0.3 is 30.9 Å². The van der Waals surface area contributed by atoms with E-state index >= 15 is 0 Å². The lowest BCUT2D eigenvalue weighted by Crippen LogP contribution is -2.44. The number of hydrogen-bond acceptors (Lipinski definition) is 9. The second kappa shape index (κ2) is 8.36. The third-order valence-electron chi connectivity index (χ3n) is 4.84. The molecule has 0 spiro atoms. The lowest BCUT2D eigenvalue weighted by molar-refractivity contribution is 0.102. The molecule has 0 aromatic carbocycles. The number of ether oxygens (including phenoxy) is 1. The van der Waals surface area contributed by atoms with Crippen LogP contribution in [0.1, 0.15) is 10.5 Å². The highest BCUT2D eigenvalue weighted by Gasteiger charge is 2.21. The highest BCUT2D eigenvalue weighted by Crippen LogP contribution is 2.26. The molecular formula is C18H24N8O2. The standard InChI is InChI=1S/C18H24N8O2/c19-17-16(24-15(12-22-17)26-5-3-20-4-6-26)18(27)23-13-11-21-2-1-14(13)25-7-9-28-10-8-25/h1-2,11-12,20H,3-10H2,(H2,19,22)(H,23,27). The zero-order valence-electron chi connectivity index (χ0n) is 15.6. The first-order valence-electron chi connectivity index (χ1n) is 9.38. The molecule has 148 valence electrons. The van der Waals surface area contributed by atoms with Gasteiger partial charge in [0.2, 0.25) is 0 Å². The minimum Gasteiger partial charge on any atom is -0.382 e. The molecule has 2 aliphatic rings. The van der Waals surface area contributed by atoms with Gasteiger partial charge in [-0.3, -0.25) is 9.78 Å². The van der Waals surface area contributed by atoms with Crippen LogP contribution < -0.4 is 26.2 Å². The Morgan fingerprint density at radius 1 is 1.14 bits per heavy atom. The Bertz CT molecular complexity index is 834. The molecule has 2 aromatic heterocycles. The molecule has 10 nitrogen and oxygen atoms in total. The second-order valence-corrected chi connectivity index (χ2v) is 6.65. The molecule has 0 radical (unpaired) electrons. The molecule has 2 aliphatic heterocycles. The summed E-state index contributed by atoms with van der Waals surface area (Å²) < 4.78 is 5.41. The van der Waals surface area contributed by atoms with Crippen molar-refractivity contribution in [2.24, 2.45) is 0 Å². The third-order valence-corrected chi connectivity index (χ3v) is 4.84. The van der Waals surface area contributed by atoms with Crippen molar-refractivity contribution in [3.63, 3.8) is 0 Å². The summed E-state index contributed by atoms with van der Waals surface area (Å²) in [5, 5.41) is 6.19. The first-order chi connectivity index (χ1) is 13.7. The first-order valence-corrected chi connectivity index (χ1v) is 9.38. The summed E-state index contributed by atoms with van der Waals surface area (Å²) in [6.07, 6.45) is 4.95. The predicted octanol–water partition coefficient (Wildman–Crippen LogP) is -0.0477. The summed E-state index contributed by atoms with van der Waals surface area (Å²) >= 11 is 0. The van der Waals surface area contributed by atoms with Gasteiger partial charge in [-0.2, -0.15) is 0 Å². The number of nitrogen functional groups attached to an aromatic ring is 1. The summed E-state index contributed by atoms with van der Waals surface area (Å²) in [6, 6.07) is 1.88. The van der Waals surface area contributed by atoms with E-state index in [1.165, 1.54) is 0 Å². The van der Waals surface area contributed by atoms with Gasteiger partial charge in [0.05, 0.1) is 37.0 Å². The normalized spacial score (nSPS) is 17.4. The molecule has 2 saturated heterocycles. The molecular weight excluding hydrogens is 360 g/mol. The van der Waals surface area contributed by atoms with E-state index in [2.05, 4.69) is 35.4 Å². The number of nitrogens with zero attached hydrogens (tertiary/aromatic N) is 5. The monoisotopic (exact) mass is 384 g/mol. The number of piperazine rings is 1. The summed E-state index contributed by atoms with van der Waals surface area (Å²) in [6.45, 7) is 6.17. The summed E-state index contributed by atoms with van der Waals surface area (Å²) in [7, 11) is 0. The molecule has 4 heterocycles. The molecule has 0 unspecified atom stereocenters. The van der Waals surface area contributed by atoms with Crippen molar-refractivity contribution in [3.8, 4) is 0 Å². The minimum atomic E-state index is -0.399. The maximum absolute atomic E-state index is 12.9. The van der Waals surface area contributed by atoms with Crippen LogP contribution in [0.15, 0.2) is 24.7 Å². The van der Waals surface area contributed by atoms with Crippen LogP contribution >= 0.6 is 0 Å². The van der Waals surface area contributed by atoms with Crippen molar-refractivity contribution in [2.45, 2.75) is 0 Å². The minimum absolute atomic E-state index is 0.105. The van der Waals surface area contributed by atoms with E-state index in [1.54, 1.807) is 18.6 Å². The maximum atomic E-state index is 12.9. The molecule has 0 aliphatic carbocycles. The fourth-order valence-corrected chi connectivity index (χ4v) is 3.35. The number of rotatable bonds is 4. The number of carbonyl (C=O) groups excluding carboxylic acids is 1. The Morgan fingerprint density at radius 3 is 2.71 bits per heavy atom. The third kappa shape index (κ3) is 3.97. The van der Waals surface area contributed by atoms with Gasteiger partial charge in [-0.05, 0) is 6.07 Å². The van der Waals surface area contributed by atoms with Gasteiger partial charge in [0, 0.05) is 45.5 Å². The smallest absolute Gasteiger partial charge is 0.278 e. The van der Waals surface area contributed by atoms with Crippen molar-refractivity contribution in [1.82, 2.24) is 20.3 Å². The van der Waals surface area contributed by atoms with E-state index in [-0.39, 0.29) is 11.5 Å². The Kier molecular flexibility index (Phi) is 5.49. The molecule has 0 bridgehead atoms. The van der Waals surface area contributed by atoms with Gasteiger partial charge >= 0.3 is 0 Å². The maximum Gasteiger partial charge on any atom is 0.278 e. The van der Waals surface area contributed by atoms with Crippen molar-refractivity contribution in [2.75, 3.05) is 73.3 Å². The number of aromatic nitrogens is 3. The van der Waals surface area contributed by atoms with E-state index < -0.39 is 5.91 Å². The SMILES string of the molecule is Nc1ncc(N2CCNCC2)nc1C(=O)Nc1cnccc1N1CCOCC1.